The molecule has 0 amide bonds. The van der Waals surface area contributed by atoms with Crippen molar-refractivity contribution in [1.29, 1.82) is 0 Å². The van der Waals surface area contributed by atoms with E-state index in [-0.39, 0.29) is 6.04 Å². The van der Waals surface area contributed by atoms with E-state index in [4.69, 9.17) is 5.73 Å². The van der Waals surface area contributed by atoms with Crippen LogP contribution in [0.2, 0.25) is 0 Å². The first kappa shape index (κ1) is 11.9. The van der Waals surface area contributed by atoms with Crippen LogP contribution in [0.25, 0.3) is 0 Å². The number of hydrogen-bond acceptors (Lipinski definition) is 2. The Morgan fingerprint density at radius 3 is 2.76 bits per heavy atom. The first-order valence-corrected chi connectivity index (χ1v) is 5.96. The van der Waals surface area contributed by atoms with Gasteiger partial charge in [-0.05, 0) is 31.9 Å². The molecular formula is C14H19N3. The molecule has 1 heterocycles. The number of nitrogens with two attached hydrogens (primary N) is 1. The molecular weight excluding hydrogens is 210 g/mol. The van der Waals surface area contributed by atoms with Gasteiger partial charge in [0, 0.05) is 12.7 Å². The number of rotatable bonds is 3. The second-order valence-corrected chi connectivity index (χ2v) is 4.47. The van der Waals surface area contributed by atoms with E-state index in [1.165, 1.54) is 11.1 Å². The third-order valence-corrected chi connectivity index (χ3v) is 3.11. The summed E-state index contributed by atoms with van der Waals surface area (Å²) in [5.74, 6) is 0. The highest BCUT2D eigenvalue weighted by Crippen LogP contribution is 2.22. The summed E-state index contributed by atoms with van der Waals surface area (Å²) in [6, 6.07) is 6.23. The van der Waals surface area contributed by atoms with Gasteiger partial charge in [-0.1, -0.05) is 23.8 Å². The van der Waals surface area contributed by atoms with Crippen LogP contribution in [0.4, 0.5) is 0 Å². The molecule has 3 heteroatoms. The van der Waals surface area contributed by atoms with Crippen molar-refractivity contribution < 1.29 is 0 Å². The lowest BCUT2D eigenvalue weighted by molar-refractivity contribution is 0.757. The number of aromatic nitrogens is 2. The molecule has 2 aromatic rings. The summed E-state index contributed by atoms with van der Waals surface area (Å²) in [4.78, 5) is 4.37. The van der Waals surface area contributed by atoms with Crippen LogP contribution < -0.4 is 5.73 Å². The molecule has 1 unspecified atom stereocenters. The molecule has 3 nitrogen and oxygen atoms in total. The smallest absolute Gasteiger partial charge is 0.0950 e. The number of benzene rings is 1. The van der Waals surface area contributed by atoms with E-state index in [1.807, 2.05) is 17.1 Å². The monoisotopic (exact) mass is 229 g/mol. The third-order valence-electron chi connectivity index (χ3n) is 3.11. The lowest BCUT2D eigenvalue weighted by Gasteiger charge is -2.13. The van der Waals surface area contributed by atoms with Crippen molar-refractivity contribution in [3.05, 3.63) is 53.1 Å². The van der Waals surface area contributed by atoms with Gasteiger partial charge in [0.15, 0.2) is 0 Å². The summed E-state index contributed by atoms with van der Waals surface area (Å²) < 4.78 is 2.04. The minimum Gasteiger partial charge on any atom is -0.337 e. The zero-order chi connectivity index (χ0) is 12.4. The summed E-state index contributed by atoms with van der Waals surface area (Å²) in [6.45, 7) is 7.19. The van der Waals surface area contributed by atoms with Crippen LogP contribution in [0, 0.1) is 13.8 Å². The Balaban J connectivity index is 2.35. The second kappa shape index (κ2) is 4.72. The van der Waals surface area contributed by atoms with Crippen LogP contribution in [0.3, 0.4) is 0 Å². The molecule has 17 heavy (non-hydrogen) atoms. The molecule has 2 N–H and O–H groups in total. The molecule has 0 saturated carbocycles. The van der Waals surface area contributed by atoms with E-state index in [9.17, 15) is 0 Å². The molecule has 1 aromatic heterocycles. The molecule has 0 radical (unpaired) electrons. The Labute approximate surface area is 102 Å². The van der Waals surface area contributed by atoms with Crippen LogP contribution in [0.1, 0.15) is 35.3 Å². The van der Waals surface area contributed by atoms with Crippen LogP contribution in [-0.2, 0) is 6.54 Å². The average molecular weight is 229 g/mol. The topological polar surface area (TPSA) is 43.8 Å². The summed E-state index contributed by atoms with van der Waals surface area (Å²) in [5, 5.41) is 0. The van der Waals surface area contributed by atoms with Gasteiger partial charge in [0.05, 0.1) is 18.1 Å². The van der Waals surface area contributed by atoms with Crippen molar-refractivity contribution in [2.75, 3.05) is 0 Å². The van der Waals surface area contributed by atoms with Crippen LogP contribution in [0.5, 0.6) is 0 Å². The molecule has 0 fully saturated rings. The van der Waals surface area contributed by atoms with Crippen molar-refractivity contribution in [2.24, 2.45) is 5.73 Å². The van der Waals surface area contributed by atoms with Gasteiger partial charge in [-0.15, -0.1) is 0 Å². The first-order chi connectivity index (χ1) is 8.11. The highest BCUT2D eigenvalue weighted by atomic mass is 15.0. The Morgan fingerprint density at radius 1 is 1.35 bits per heavy atom. The first-order valence-electron chi connectivity index (χ1n) is 5.96. The molecule has 0 aliphatic heterocycles. The van der Waals surface area contributed by atoms with E-state index >= 15 is 0 Å². The van der Waals surface area contributed by atoms with Gasteiger partial charge in [0.2, 0.25) is 0 Å². The van der Waals surface area contributed by atoms with Gasteiger partial charge >= 0.3 is 0 Å². The third kappa shape index (κ3) is 2.39. The molecule has 90 valence electrons. The Morgan fingerprint density at radius 2 is 2.12 bits per heavy atom. The summed E-state index contributed by atoms with van der Waals surface area (Å²) in [6.07, 6.45) is 3.85. The predicted octanol–water partition coefficient (Wildman–Crippen LogP) is 2.57. The molecule has 0 aliphatic rings. The highest BCUT2D eigenvalue weighted by molar-refractivity contribution is 5.36. The summed E-state index contributed by atoms with van der Waals surface area (Å²) in [5.41, 5.74) is 10.8. The van der Waals surface area contributed by atoms with E-state index in [0.717, 1.165) is 17.8 Å². The summed E-state index contributed by atoms with van der Waals surface area (Å²) >= 11 is 0. The lowest BCUT2D eigenvalue weighted by atomic mass is 9.98. The maximum absolute atomic E-state index is 6.28. The number of hydrogen-bond donors (Lipinski definition) is 1. The largest absolute Gasteiger partial charge is 0.337 e. The fraction of sp³-hybridized carbons (Fsp3) is 0.357. The molecule has 0 aliphatic carbocycles. The normalized spacial score (nSPS) is 12.7. The maximum Gasteiger partial charge on any atom is 0.0950 e. The molecule has 0 saturated heterocycles. The van der Waals surface area contributed by atoms with E-state index in [2.05, 4.69) is 44.0 Å². The van der Waals surface area contributed by atoms with E-state index < -0.39 is 0 Å². The Bertz CT molecular complexity index is 514. The SMILES string of the molecule is CCn1cnc(C(N)c2cc(C)ccc2C)c1. The van der Waals surface area contributed by atoms with Gasteiger partial charge in [-0.2, -0.15) is 0 Å². The highest BCUT2D eigenvalue weighted by Gasteiger charge is 2.14. The Hall–Kier alpha value is -1.61. The predicted molar refractivity (Wildman–Crippen MR) is 69.8 cm³/mol. The van der Waals surface area contributed by atoms with Crippen LogP contribution in [0.15, 0.2) is 30.7 Å². The fourth-order valence-electron chi connectivity index (χ4n) is 1.97. The summed E-state index contributed by atoms with van der Waals surface area (Å²) in [7, 11) is 0. The van der Waals surface area contributed by atoms with Crippen LogP contribution >= 0.6 is 0 Å². The fourth-order valence-corrected chi connectivity index (χ4v) is 1.97. The van der Waals surface area contributed by atoms with Crippen LogP contribution in [-0.4, -0.2) is 9.55 Å². The van der Waals surface area contributed by atoms with E-state index in [1.54, 1.807) is 0 Å². The number of aryl methyl sites for hydroxylation is 3. The standard InChI is InChI=1S/C14H19N3/c1-4-17-8-13(16-9-17)14(15)12-7-10(2)5-6-11(12)3/h5-9,14H,4,15H2,1-3H3. The molecule has 0 bridgehead atoms. The van der Waals surface area contributed by atoms with Crippen molar-refractivity contribution in [3.63, 3.8) is 0 Å². The minimum atomic E-state index is -0.136. The molecule has 0 spiro atoms. The number of imidazole rings is 1. The van der Waals surface area contributed by atoms with Gasteiger partial charge in [-0.3, -0.25) is 0 Å². The quantitative estimate of drug-likeness (QED) is 0.879. The van der Waals surface area contributed by atoms with Gasteiger partial charge in [0.25, 0.3) is 0 Å². The van der Waals surface area contributed by atoms with E-state index in [0.29, 0.717) is 0 Å². The van der Waals surface area contributed by atoms with Gasteiger partial charge < -0.3 is 10.3 Å². The molecule has 1 atom stereocenters. The Kier molecular flexibility index (Phi) is 3.29. The van der Waals surface area contributed by atoms with Gasteiger partial charge in [-0.25, -0.2) is 4.98 Å². The van der Waals surface area contributed by atoms with Crippen molar-refractivity contribution in [2.45, 2.75) is 33.4 Å². The zero-order valence-electron chi connectivity index (χ0n) is 10.6. The second-order valence-electron chi connectivity index (χ2n) is 4.47. The van der Waals surface area contributed by atoms with Crippen molar-refractivity contribution in [3.8, 4) is 0 Å². The van der Waals surface area contributed by atoms with Crippen molar-refractivity contribution >= 4 is 0 Å². The van der Waals surface area contributed by atoms with Gasteiger partial charge in [0.1, 0.15) is 0 Å². The minimum absolute atomic E-state index is 0.136. The maximum atomic E-state index is 6.28. The average Bonchev–Trinajstić information content (AvgIpc) is 2.80. The molecule has 2 rings (SSSR count). The lowest BCUT2D eigenvalue weighted by Crippen LogP contribution is -2.14. The number of nitrogens with zero attached hydrogens (tertiary/aromatic N) is 2. The zero-order valence-corrected chi connectivity index (χ0v) is 10.6. The molecule has 1 aromatic carbocycles. The van der Waals surface area contributed by atoms with Crippen molar-refractivity contribution in [1.82, 2.24) is 9.55 Å².